The molecule has 0 atom stereocenters. The van der Waals surface area contributed by atoms with Gasteiger partial charge < -0.3 is 9.73 Å². The third-order valence-corrected chi connectivity index (χ3v) is 3.29. The monoisotopic (exact) mass is 338 g/mol. The summed E-state index contributed by atoms with van der Waals surface area (Å²) in [5, 5.41) is 13.2. The normalized spacial score (nSPS) is 10.3. The van der Waals surface area contributed by atoms with Crippen molar-refractivity contribution in [1.29, 1.82) is 0 Å². The molecule has 2 rings (SSSR count). The third-order valence-electron chi connectivity index (χ3n) is 2.67. The molecular weight excluding hydrogens is 328 g/mol. The lowest BCUT2D eigenvalue weighted by Crippen LogP contribution is -2.12. The average molecular weight is 339 g/mol. The van der Waals surface area contributed by atoms with Gasteiger partial charge in [0.25, 0.3) is 5.91 Å². The highest BCUT2D eigenvalue weighted by Gasteiger charge is 2.18. The highest BCUT2D eigenvalue weighted by atomic mass is 79.9. The summed E-state index contributed by atoms with van der Waals surface area (Å²) in [6.45, 7) is 3.80. The Labute approximate surface area is 123 Å². The summed E-state index contributed by atoms with van der Waals surface area (Å²) in [5.41, 5.74) is 2.55. The summed E-state index contributed by atoms with van der Waals surface area (Å²) in [5.74, 6) is -1.11. The fourth-order valence-corrected chi connectivity index (χ4v) is 2.57. The van der Waals surface area contributed by atoms with Crippen LogP contribution in [0.3, 0.4) is 0 Å². The number of nitrogens with zero attached hydrogens (tertiary/aromatic N) is 1. The summed E-state index contributed by atoms with van der Waals surface area (Å²) in [6, 6.07) is 6.20. The number of nitrogens with one attached hydrogen (secondary N) is 1. The number of aryl methyl sites for hydroxylation is 2. The second kappa shape index (κ2) is 5.46. The van der Waals surface area contributed by atoms with E-state index >= 15 is 0 Å². The number of hydrogen-bond donors (Lipinski definition) is 1. The maximum Gasteiger partial charge on any atom is 0.433 e. The number of anilines is 1. The Bertz CT molecular complexity index is 670. The molecule has 0 saturated heterocycles. The molecule has 20 heavy (non-hydrogen) atoms. The predicted molar refractivity (Wildman–Crippen MR) is 76.9 cm³/mol. The molecule has 0 aliphatic carbocycles. The second-order valence-corrected chi connectivity index (χ2v) is 5.14. The van der Waals surface area contributed by atoms with Gasteiger partial charge in [-0.25, -0.2) is 0 Å². The minimum absolute atomic E-state index is 0.108. The molecular formula is C13H11BrN2O4. The van der Waals surface area contributed by atoms with Crippen LogP contribution in [0.5, 0.6) is 0 Å². The van der Waals surface area contributed by atoms with Crippen molar-refractivity contribution in [1.82, 2.24) is 0 Å². The zero-order valence-electron chi connectivity index (χ0n) is 10.8. The van der Waals surface area contributed by atoms with Crippen molar-refractivity contribution < 1.29 is 14.1 Å². The van der Waals surface area contributed by atoms with Gasteiger partial charge in [-0.3, -0.25) is 14.9 Å². The van der Waals surface area contributed by atoms with Gasteiger partial charge in [-0.2, -0.15) is 0 Å². The van der Waals surface area contributed by atoms with E-state index < -0.39 is 16.7 Å². The first-order chi connectivity index (χ1) is 9.38. The van der Waals surface area contributed by atoms with Crippen molar-refractivity contribution in [3.63, 3.8) is 0 Å². The van der Waals surface area contributed by atoms with Crippen LogP contribution >= 0.6 is 15.9 Å². The van der Waals surface area contributed by atoms with Crippen LogP contribution < -0.4 is 5.32 Å². The van der Waals surface area contributed by atoms with E-state index in [1.165, 1.54) is 6.07 Å². The van der Waals surface area contributed by atoms with Crippen LogP contribution in [0.4, 0.5) is 11.6 Å². The van der Waals surface area contributed by atoms with Crippen molar-refractivity contribution in [2.75, 3.05) is 5.32 Å². The molecule has 6 nitrogen and oxygen atoms in total. The minimum Gasteiger partial charge on any atom is -0.395 e. The lowest BCUT2D eigenvalue weighted by molar-refractivity contribution is -0.402. The van der Waals surface area contributed by atoms with Crippen molar-refractivity contribution in [2.24, 2.45) is 0 Å². The Morgan fingerprint density at radius 2 is 2.05 bits per heavy atom. The summed E-state index contributed by atoms with van der Waals surface area (Å²) < 4.78 is 5.60. The molecule has 0 spiro atoms. The second-order valence-electron chi connectivity index (χ2n) is 4.29. The summed E-state index contributed by atoms with van der Waals surface area (Å²) in [7, 11) is 0. The van der Waals surface area contributed by atoms with Gasteiger partial charge in [0.15, 0.2) is 5.76 Å². The van der Waals surface area contributed by atoms with Crippen LogP contribution in [0.25, 0.3) is 0 Å². The predicted octanol–water partition coefficient (Wildman–Crippen LogP) is 3.82. The number of hydrogen-bond acceptors (Lipinski definition) is 4. The number of furan rings is 1. The van der Waals surface area contributed by atoms with E-state index in [1.807, 2.05) is 26.0 Å². The van der Waals surface area contributed by atoms with Gasteiger partial charge in [-0.1, -0.05) is 6.07 Å². The highest BCUT2D eigenvalue weighted by molar-refractivity contribution is 9.10. The molecule has 2 aromatic rings. The first-order valence-electron chi connectivity index (χ1n) is 5.71. The van der Waals surface area contributed by atoms with E-state index in [0.29, 0.717) is 5.69 Å². The van der Waals surface area contributed by atoms with Gasteiger partial charge in [-0.05, 0) is 53.0 Å². The lowest BCUT2D eigenvalue weighted by atomic mass is 10.1. The summed E-state index contributed by atoms with van der Waals surface area (Å²) in [6.07, 6.45) is 0. The molecule has 0 radical (unpaired) electrons. The average Bonchev–Trinajstić information content (AvgIpc) is 2.83. The minimum atomic E-state index is -0.691. The molecule has 1 aromatic heterocycles. The Morgan fingerprint density at radius 3 is 2.60 bits per heavy atom. The fourth-order valence-electron chi connectivity index (χ4n) is 1.80. The molecule has 0 unspecified atom stereocenters. The zero-order chi connectivity index (χ0) is 14.9. The van der Waals surface area contributed by atoms with E-state index in [9.17, 15) is 14.9 Å². The van der Waals surface area contributed by atoms with Crippen LogP contribution in [0.1, 0.15) is 21.7 Å². The van der Waals surface area contributed by atoms with E-state index in [4.69, 9.17) is 4.42 Å². The van der Waals surface area contributed by atoms with Crippen molar-refractivity contribution in [3.8, 4) is 0 Å². The molecule has 7 heteroatoms. The van der Waals surface area contributed by atoms with Crippen LogP contribution in [0.2, 0.25) is 0 Å². The van der Waals surface area contributed by atoms with E-state index in [1.54, 1.807) is 0 Å². The van der Waals surface area contributed by atoms with Gasteiger partial charge in [0, 0.05) is 4.47 Å². The van der Waals surface area contributed by atoms with Crippen molar-refractivity contribution in [2.45, 2.75) is 13.8 Å². The molecule has 104 valence electrons. The van der Waals surface area contributed by atoms with Gasteiger partial charge >= 0.3 is 5.88 Å². The standard InChI is InChI=1S/C13H11BrN2O4/c1-7-5-8(2)12(9(14)6-7)15-13(17)10-3-4-11(20-10)16(18)19/h3-6H,1-2H3,(H,15,17). The van der Waals surface area contributed by atoms with Gasteiger partial charge in [-0.15, -0.1) is 0 Å². The Kier molecular flexibility index (Phi) is 3.89. The van der Waals surface area contributed by atoms with E-state index in [0.717, 1.165) is 21.7 Å². The topological polar surface area (TPSA) is 85.4 Å². The quantitative estimate of drug-likeness (QED) is 0.680. The van der Waals surface area contributed by atoms with Gasteiger partial charge in [0.1, 0.15) is 4.92 Å². The van der Waals surface area contributed by atoms with Crippen LogP contribution in [0, 0.1) is 24.0 Å². The number of halogens is 1. The molecule has 0 bridgehead atoms. The maximum atomic E-state index is 12.0. The number of carbonyl (C=O) groups is 1. The molecule has 0 aliphatic heterocycles. The largest absolute Gasteiger partial charge is 0.433 e. The Hall–Kier alpha value is -2.15. The number of nitro groups is 1. The SMILES string of the molecule is Cc1cc(C)c(NC(=O)c2ccc([N+](=O)[O-])o2)c(Br)c1. The number of benzene rings is 1. The number of carbonyl (C=O) groups excluding carboxylic acids is 1. The molecule has 1 aromatic carbocycles. The fraction of sp³-hybridized carbons (Fsp3) is 0.154. The maximum absolute atomic E-state index is 12.0. The first-order valence-corrected chi connectivity index (χ1v) is 6.50. The third kappa shape index (κ3) is 2.88. The van der Waals surface area contributed by atoms with E-state index in [2.05, 4.69) is 21.2 Å². The number of rotatable bonds is 3. The van der Waals surface area contributed by atoms with E-state index in [-0.39, 0.29) is 5.76 Å². The number of amides is 1. The highest BCUT2D eigenvalue weighted by Crippen LogP contribution is 2.28. The summed E-state index contributed by atoms with van der Waals surface area (Å²) >= 11 is 3.37. The molecule has 1 heterocycles. The Morgan fingerprint density at radius 1 is 1.35 bits per heavy atom. The molecule has 1 amide bonds. The van der Waals surface area contributed by atoms with Crippen molar-refractivity contribution in [3.05, 3.63) is 55.7 Å². The Balaban J connectivity index is 2.25. The van der Waals surface area contributed by atoms with Crippen LogP contribution in [-0.2, 0) is 0 Å². The lowest BCUT2D eigenvalue weighted by Gasteiger charge is -2.10. The van der Waals surface area contributed by atoms with Crippen LogP contribution in [-0.4, -0.2) is 10.8 Å². The smallest absolute Gasteiger partial charge is 0.395 e. The van der Waals surface area contributed by atoms with Crippen LogP contribution in [0.15, 0.2) is 33.2 Å². The van der Waals surface area contributed by atoms with Crippen molar-refractivity contribution >= 4 is 33.4 Å². The first kappa shape index (κ1) is 14.3. The summed E-state index contributed by atoms with van der Waals surface area (Å²) in [4.78, 5) is 21.8. The zero-order valence-corrected chi connectivity index (χ0v) is 12.4. The molecule has 1 N–H and O–H groups in total. The van der Waals surface area contributed by atoms with Gasteiger partial charge in [0.05, 0.1) is 11.8 Å². The molecule has 0 saturated carbocycles. The van der Waals surface area contributed by atoms with Gasteiger partial charge in [0.2, 0.25) is 0 Å². The molecule has 0 fully saturated rings. The molecule has 0 aliphatic rings.